The number of benzene rings is 2. The molecule has 1 fully saturated rings. The van der Waals surface area contributed by atoms with Gasteiger partial charge >= 0.3 is 5.97 Å². The van der Waals surface area contributed by atoms with E-state index in [9.17, 15) is 18.0 Å². The van der Waals surface area contributed by atoms with Crippen molar-refractivity contribution >= 4 is 43.5 Å². The van der Waals surface area contributed by atoms with Crippen molar-refractivity contribution in [3.05, 3.63) is 58.1 Å². The summed E-state index contributed by atoms with van der Waals surface area (Å²) in [7, 11) is -3.61. The van der Waals surface area contributed by atoms with Crippen LogP contribution in [0.25, 0.3) is 0 Å². The molecule has 7 nitrogen and oxygen atoms in total. The van der Waals surface area contributed by atoms with Gasteiger partial charge in [-0.05, 0) is 61.7 Å². The van der Waals surface area contributed by atoms with E-state index in [2.05, 4.69) is 21.2 Å². The maximum atomic E-state index is 12.9. The maximum Gasteiger partial charge on any atom is 0.338 e. The van der Waals surface area contributed by atoms with E-state index in [-0.39, 0.29) is 4.90 Å². The first-order valence-electron chi connectivity index (χ1n) is 9.61. The molecule has 30 heavy (non-hydrogen) atoms. The zero-order chi connectivity index (χ0) is 21.7. The van der Waals surface area contributed by atoms with Crippen molar-refractivity contribution in [2.75, 3.05) is 25.0 Å². The van der Waals surface area contributed by atoms with E-state index < -0.39 is 28.5 Å². The number of halogens is 1. The first-order chi connectivity index (χ1) is 14.3. The highest BCUT2D eigenvalue weighted by molar-refractivity contribution is 9.10. The lowest BCUT2D eigenvalue weighted by Gasteiger charge is -2.26. The van der Waals surface area contributed by atoms with E-state index in [1.165, 1.54) is 10.4 Å². The van der Waals surface area contributed by atoms with E-state index in [0.717, 1.165) is 23.7 Å². The summed E-state index contributed by atoms with van der Waals surface area (Å²) >= 11 is 3.28. The van der Waals surface area contributed by atoms with Crippen LogP contribution in [-0.2, 0) is 19.6 Å². The van der Waals surface area contributed by atoms with Gasteiger partial charge in [-0.3, -0.25) is 4.79 Å². The monoisotopic (exact) mass is 494 g/mol. The zero-order valence-electron chi connectivity index (χ0n) is 16.6. The van der Waals surface area contributed by atoms with E-state index >= 15 is 0 Å². The summed E-state index contributed by atoms with van der Waals surface area (Å²) in [5.74, 6) is -1.16. The number of nitrogens with one attached hydrogen (secondary N) is 1. The Balaban J connectivity index is 1.65. The molecule has 0 unspecified atom stereocenters. The van der Waals surface area contributed by atoms with Crippen LogP contribution in [0, 0.1) is 6.92 Å². The number of carbonyl (C=O) groups is 2. The lowest BCUT2D eigenvalue weighted by atomic mass is 10.2. The van der Waals surface area contributed by atoms with Gasteiger partial charge in [0.25, 0.3) is 5.91 Å². The molecule has 2 aromatic rings. The molecule has 1 aliphatic rings. The van der Waals surface area contributed by atoms with Gasteiger partial charge in [0, 0.05) is 23.2 Å². The minimum Gasteiger partial charge on any atom is -0.452 e. The summed E-state index contributed by atoms with van der Waals surface area (Å²) in [5, 5.41) is 2.63. The van der Waals surface area contributed by atoms with Crippen molar-refractivity contribution in [3.63, 3.8) is 0 Å². The first kappa shape index (κ1) is 22.5. The molecule has 1 N–H and O–H groups in total. The predicted octanol–water partition coefficient (Wildman–Crippen LogP) is 3.73. The fraction of sp³-hybridized carbons (Fsp3) is 0.333. The fourth-order valence-electron chi connectivity index (χ4n) is 3.14. The Labute approximate surface area is 184 Å². The van der Waals surface area contributed by atoms with Crippen LogP contribution in [0.4, 0.5) is 5.69 Å². The number of piperidine rings is 1. The molecular formula is C21H23BrN2O5S. The van der Waals surface area contributed by atoms with Gasteiger partial charge in [-0.1, -0.05) is 28.4 Å². The number of anilines is 1. The average Bonchev–Trinajstić information content (AvgIpc) is 2.74. The van der Waals surface area contributed by atoms with Crippen LogP contribution in [-0.4, -0.2) is 44.3 Å². The topological polar surface area (TPSA) is 92.8 Å². The molecule has 0 atom stereocenters. The van der Waals surface area contributed by atoms with Crippen LogP contribution < -0.4 is 5.32 Å². The number of hydrogen-bond donors (Lipinski definition) is 1. The normalized spacial score (nSPS) is 14.9. The third-order valence-corrected chi connectivity index (χ3v) is 7.27. The summed E-state index contributed by atoms with van der Waals surface area (Å²) in [4.78, 5) is 24.4. The summed E-state index contributed by atoms with van der Waals surface area (Å²) < 4.78 is 33.1. The van der Waals surface area contributed by atoms with Gasteiger partial charge in [0.05, 0.1) is 10.5 Å². The smallest absolute Gasteiger partial charge is 0.338 e. The number of sulfonamides is 1. The molecule has 0 bridgehead atoms. The van der Waals surface area contributed by atoms with Gasteiger partial charge in [0.1, 0.15) is 0 Å². The Morgan fingerprint density at radius 3 is 2.40 bits per heavy atom. The number of amides is 1. The molecule has 2 aromatic carbocycles. The second-order valence-electron chi connectivity index (χ2n) is 7.07. The van der Waals surface area contributed by atoms with Gasteiger partial charge in [0.2, 0.25) is 10.0 Å². The van der Waals surface area contributed by atoms with Crippen molar-refractivity contribution in [3.8, 4) is 0 Å². The molecule has 1 saturated heterocycles. The molecule has 0 aromatic heterocycles. The van der Waals surface area contributed by atoms with Crippen LogP contribution in [0.15, 0.2) is 51.8 Å². The van der Waals surface area contributed by atoms with Crippen molar-refractivity contribution < 1.29 is 22.7 Å². The van der Waals surface area contributed by atoms with Crippen molar-refractivity contribution in [2.45, 2.75) is 31.1 Å². The number of esters is 1. The molecule has 0 saturated carbocycles. The quantitative estimate of drug-likeness (QED) is 0.617. The summed E-state index contributed by atoms with van der Waals surface area (Å²) in [6.45, 7) is 2.30. The lowest BCUT2D eigenvalue weighted by Crippen LogP contribution is -2.35. The van der Waals surface area contributed by atoms with Crippen LogP contribution >= 0.6 is 15.9 Å². The maximum absolute atomic E-state index is 12.9. The van der Waals surface area contributed by atoms with Crippen molar-refractivity contribution in [1.82, 2.24) is 4.31 Å². The van der Waals surface area contributed by atoms with Crippen LogP contribution in [0.1, 0.15) is 35.2 Å². The van der Waals surface area contributed by atoms with E-state index in [1.54, 1.807) is 43.3 Å². The molecule has 9 heteroatoms. The SMILES string of the molecule is Cc1ccc(S(=O)(=O)N2CCCCC2)cc1NC(=O)COC(=O)c1ccc(Br)cc1. The standard InChI is InChI=1S/C21H23BrN2O5S/c1-15-5-10-18(30(27,28)24-11-3-2-4-12-24)13-19(15)23-20(25)14-29-21(26)16-6-8-17(22)9-7-16/h5-10,13H,2-4,11-12,14H2,1H3,(H,23,25). The van der Waals surface area contributed by atoms with E-state index in [1.807, 2.05) is 0 Å². The third-order valence-electron chi connectivity index (χ3n) is 4.85. The van der Waals surface area contributed by atoms with E-state index in [0.29, 0.717) is 29.9 Å². The van der Waals surface area contributed by atoms with Gasteiger partial charge < -0.3 is 10.1 Å². The highest BCUT2D eigenvalue weighted by Gasteiger charge is 2.26. The first-order valence-corrected chi connectivity index (χ1v) is 11.8. The van der Waals surface area contributed by atoms with Crippen molar-refractivity contribution in [1.29, 1.82) is 0 Å². The number of nitrogens with zero attached hydrogens (tertiary/aromatic N) is 1. The second kappa shape index (κ2) is 9.72. The minimum atomic E-state index is -3.61. The predicted molar refractivity (Wildman–Crippen MR) is 117 cm³/mol. The molecule has 0 aliphatic carbocycles. The molecule has 0 radical (unpaired) electrons. The number of rotatable bonds is 6. The van der Waals surface area contributed by atoms with Gasteiger partial charge in [-0.2, -0.15) is 4.31 Å². The molecule has 1 heterocycles. The number of hydrogen-bond acceptors (Lipinski definition) is 5. The van der Waals surface area contributed by atoms with Crippen LogP contribution in [0.5, 0.6) is 0 Å². The minimum absolute atomic E-state index is 0.136. The lowest BCUT2D eigenvalue weighted by molar-refractivity contribution is -0.119. The largest absolute Gasteiger partial charge is 0.452 e. The van der Waals surface area contributed by atoms with Gasteiger partial charge in [-0.15, -0.1) is 0 Å². The fourth-order valence-corrected chi connectivity index (χ4v) is 4.95. The highest BCUT2D eigenvalue weighted by Crippen LogP contribution is 2.25. The Hall–Kier alpha value is -2.23. The second-order valence-corrected chi connectivity index (χ2v) is 9.93. The molecular weight excluding hydrogens is 472 g/mol. The summed E-state index contributed by atoms with van der Waals surface area (Å²) in [6, 6.07) is 11.2. The van der Waals surface area contributed by atoms with Crippen LogP contribution in [0.3, 0.4) is 0 Å². The van der Waals surface area contributed by atoms with Gasteiger partial charge in [0.15, 0.2) is 6.61 Å². The Morgan fingerprint density at radius 2 is 1.73 bits per heavy atom. The summed E-state index contributed by atoms with van der Waals surface area (Å²) in [5.41, 5.74) is 1.41. The molecule has 1 aliphatic heterocycles. The van der Waals surface area contributed by atoms with Gasteiger partial charge in [-0.25, -0.2) is 13.2 Å². The Morgan fingerprint density at radius 1 is 1.07 bits per heavy atom. The number of ether oxygens (including phenoxy) is 1. The highest BCUT2D eigenvalue weighted by atomic mass is 79.9. The molecule has 3 rings (SSSR count). The number of aryl methyl sites for hydroxylation is 1. The van der Waals surface area contributed by atoms with Crippen molar-refractivity contribution in [2.24, 2.45) is 0 Å². The summed E-state index contributed by atoms with van der Waals surface area (Å²) in [6.07, 6.45) is 2.72. The number of carbonyl (C=O) groups excluding carboxylic acids is 2. The third kappa shape index (κ3) is 5.47. The van der Waals surface area contributed by atoms with Crippen LogP contribution in [0.2, 0.25) is 0 Å². The molecule has 160 valence electrons. The Bertz CT molecular complexity index is 1030. The van der Waals surface area contributed by atoms with E-state index in [4.69, 9.17) is 4.74 Å². The Kier molecular flexibility index (Phi) is 7.27. The zero-order valence-corrected chi connectivity index (χ0v) is 19.0. The molecule has 0 spiro atoms. The average molecular weight is 495 g/mol. The molecule has 1 amide bonds.